The fraction of sp³-hybridized carbons (Fsp3) is 0.207. The normalized spacial score (nSPS) is 11.9. The molecule has 0 saturated carbocycles. The van der Waals surface area contributed by atoms with Gasteiger partial charge in [0.2, 0.25) is 5.78 Å². The molecule has 0 saturated heterocycles. The van der Waals surface area contributed by atoms with E-state index in [-0.39, 0.29) is 12.4 Å². The second-order valence-corrected chi connectivity index (χ2v) is 8.99. The number of fused-ring (bicyclic) bond motifs is 1. The summed E-state index contributed by atoms with van der Waals surface area (Å²) in [5, 5.41) is 14.6. The SMILES string of the molecule is Cc1ccc(C(=O)c2nn(Cc3ccc(/C=C\COC(C)(C)C(=O)O)cc3)c3ccccc23)cc1. The first-order valence-corrected chi connectivity index (χ1v) is 11.4. The monoisotopic (exact) mass is 468 g/mol. The highest BCUT2D eigenvalue weighted by Gasteiger charge is 2.27. The first-order valence-electron chi connectivity index (χ1n) is 11.4. The molecule has 6 nitrogen and oxygen atoms in total. The molecule has 0 amide bonds. The molecule has 1 heterocycles. The Balaban J connectivity index is 1.50. The summed E-state index contributed by atoms with van der Waals surface area (Å²) in [4.78, 5) is 24.3. The Morgan fingerprint density at radius 2 is 1.69 bits per heavy atom. The number of aromatic nitrogens is 2. The maximum absolute atomic E-state index is 13.2. The van der Waals surface area contributed by atoms with Crippen molar-refractivity contribution >= 4 is 28.7 Å². The molecule has 3 aromatic carbocycles. The number of hydrogen-bond donors (Lipinski definition) is 1. The number of ketones is 1. The largest absolute Gasteiger partial charge is 0.479 e. The zero-order valence-electron chi connectivity index (χ0n) is 20.1. The lowest BCUT2D eigenvalue weighted by Gasteiger charge is -2.18. The third-order valence-corrected chi connectivity index (χ3v) is 5.86. The average molecular weight is 469 g/mol. The second kappa shape index (κ2) is 10.1. The van der Waals surface area contributed by atoms with Crippen LogP contribution in [0.4, 0.5) is 0 Å². The van der Waals surface area contributed by atoms with Gasteiger partial charge in [-0.25, -0.2) is 4.79 Å². The Bertz CT molecular complexity index is 1380. The summed E-state index contributed by atoms with van der Waals surface area (Å²) < 4.78 is 7.25. The third kappa shape index (κ3) is 5.55. The molecule has 4 aromatic rings. The van der Waals surface area contributed by atoms with E-state index < -0.39 is 11.6 Å². The summed E-state index contributed by atoms with van der Waals surface area (Å²) in [6.07, 6.45) is 3.69. The van der Waals surface area contributed by atoms with Crippen molar-refractivity contribution in [1.29, 1.82) is 0 Å². The predicted molar refractivity (Wildman–Crippen MR) is 137 cm³/mol. The summed E-state index contributed by atoms with van der Waals surface area (Å²) in [6.45, 7) is 5.78. The van der Waals surface area contributed by atoms with E-state index in [1.165, 1.54) is 13.8 Å². The second-order valence-electron chi connectivity index (χ2n) is 8.99. The zero-order chi connectivity index (χ0) is 25.0. The van der Waals surface area contributed by atoms with Crippen molar-refractivity contribution in [1.82, 2.24) is 9.78 Å². The standard InChI is InChI=1S/C29H28N2O4/c1-20-10-16-23(17-11-20)27(32)26-24-8-4-5-9-25(24)31(30-26)19-22-14-12-21(13-15-22)7-6-18-35-29(2,3)28(33)34/h4-17H,18-19H2,1-3H3,(H,33,34)/b7-6-. The average Bonchev–Trinajstić information content (AvgIpc) is 3.21. The van der Waals surface area contributed by atoms with Gasteiger partial charge < -0.3 is 9.84 Å². The first-order chi connectivity index (χ1) is 16.7. The molecule has 6 heteroatoms. The maximum Gasteiger partial charge on any atom is 0.335 e. The number of nitrogens with zero attached hydrogens (tertiary/aromatic N) is 2. The fourth-order valence-electron chi connectivity index (χ4n) is 3.67. The van der Waals surface area contributed by atoms with Gasteiger partial charge in [-0.05, 0) is 38.0 Å². The van der Waals surface area contributed by atoms with Crippen molar-refractivity contribution in [2.45, 2.75) is 32.9 Å². The van der Waals surface area contributed by atoms with Crippen LogP contribution in [-0.2, 0) is 16.1 Å². The topological polar surface area (TPSA) is 81.4 Å². The van der Waals surface area contributed by atoms with E-state index in [1.54, 1.807) is 6.08 Å². The molecule has 1 N–H and O–H groups in total. The van der Waals surface area contributed by atoms with Gasteiger partial charge in [-0.2, -0.15) is 5.10 Å². The van der Waals surface area contributed by atoms with E-state index in [9.17, 15) is 9.59 Å². The van der Waals surface area contributed by atoms with Gasteiger partial charge >= 0.3 is 5.97 Å². The molecule has 0 unspecified atom stereocenters. The summed E-state index contributed by atoms with van der Waals surface area (Å²) in [6, 6.07) is 23.3. The van der Waals surface area contributed by atoms with Crippen LogP contribution in [0.3, 0.4) is 0 Å². The van der Waals surface area contributed by atoms with Gasteiger partial charge in [0.15, 0.2) is 5.60 Å². The number of hydrogen-bond acceptors (Lipinski definition) is 4. The molecule has 0 aliphatic rings. The molecule has 0 aliphatic heterocycles. The van der Waals surface area contributed by atoms with Crippen molar-refractivity contribution in [3.05, 3.63) is 107 Å². The lowest BCUT2D eigenvalue weighted by atomic mass is 10.0. The highest BCUT2D eigenvalue weighted by molar-refractivity contribution is 6.14. The molecule has 1 aromatic heterocycles. The summed E-state index contributed by atoms with van der Waals surface area (Å²) >= 11 is 0. The van der Waals surface area contributed by atoms with Crippen molar-refractivity contribution in [2.24, 2.45) is 0 Å². The van der Waals surface area contributed by atoms with Crippen LogP contribution in [0, 0.1) is 6.92 Å². The van der Waals surface area contributed by atoms with Gasteiger partial charge in [0.25, 0.3) is 0 Å². The molecule has 0 atom stereocenters. The molecule has 0 bridgehead atoms. The van der Waals surface area contributed by atoms with Gasteiger partial charge in [0.05, 0.1) is 18.7 Å². The van der Waals surface area contributed by atoms with E-state index >= 15 is 0 Å². The van der Waals surface area contributed by atoms with E-state index in [0.717, 1.165) is 27.6 Å². The number of carbonyl (C=O) groups is 2. The molecule has 0 spiro atoms. The molecule has 0 aliphatic carbocycles. The summed E-state index contributed by atoms with van der Waals surface area (Å²) in [7, 11) is 0. The molecule has 0 fully saturated rings. The highest BCUT2D eigenvalue weighted by atomic mass is 16.5. The molecule has 4 rings (SSSR count). The first kappa shape index (κ1) is 24.1. The predicted octanol–water partition coefficient (Wildman–Crippen LogP) is 5.52. The number of carboxylic acids is 1. The molecule has 35 heavy (non-hydrogen) atoms. The maximum atomic E-state index is 13.2. The highest BCUT2D eigenvalue weighted by Crippen LogP contribution is 2.22. The van der Waals surface area contributed by atoms with Crippen molar-refractivity contribution < 1.29 is 19.4 Å². The van der Waals surface area contributed by atoms with Crippen molar-refractivity contribution in [3.8, 4) is 0 Å². The van der Waals surface area contributed by atoms with Crippen LogP contribution >= 0.6 is 0 Å². The minimum Gasteiger partial charge on any atom is -0.479 e. The third-order valence-electron chi connectivity index (χ3n) is 5.86. The molecular weight excluding hydrogens is 440 g/mol. The van der Waals surface area contributed by atoms with Gasteiger partial charge in [-0.1, -0.05) is 84.4 Å². The van der Waals surface area contributed by atoms with Crippen LogP contribution in [-0.4, -0.2) is 38.8 Å². The minimum absolute atomic E-state index is 0.0891. The Morgan fingerprint density at radius 1 is 1.00 bits per heavy atom. The number of carboxylic acid groups (broad SMARTS) is 1. The van der Waals surface area contributed by atoms with Gasteiger partial charge in [0.1, 0.15) is 5.69 Å². The molecule has 0 radical (unpaired) electrons. The van der Waals surface area contributed by atoms with Gasteiger partial charge in [-0.3, -0.25) is 9.48 Å². The van der Waals surface area contributed by atoms with E-state index in [0.29, 0.717) is 17.8 Å². The minimum atomic E-state index is -1.22. The van der Waals surface area contributed by atoms with E-state index in [2.05, 4.69) is 0 Å². The Labute approximate surface area is 204 Å². The summed E-state index contributed by atoms with van der Waals surface area (Å²) in [5.74, 6) is -1.08. The van der Waals surface area contributed by atoms with Crippen LogP contribution in [0.25, 0.3) is 17.0 Å². The van der Waals surface area contributed by atoms with E-state index in [1.807, 2.05) is 90.5 Å². The number of ether oxygens (including phenoxy) is 1. The van der Waals surface area contributed by atoms with Crippen LogP contribution < -0.4 is 0 Å². The zero-order valence-corrected chi connectivity index (χ0v) is 20.1. The van der Waals surface area contributed by atoms with E-state index in [4.69, 9.17) is 14.9 Å². The number of para-hydroxylation sites is 1. The lowest BCUT2D eigenvalue weighted by molar-refractivity contribution is -0.159. The number of rotatable bonds is 9. The van der Waals surface area contributed by atoms with Crippen molar-refractivity contribution in [2.75, 3.05) is 6.61 Å². The Kier molecular flexibility index (Phi) is 6.94. The number of aryl methyl sites for hydroxylation is 1. The van der Waals surface area contributed by atoms with Gasteiger partial charge in [-0.15, -0.1) is 0 Å². The number of carbonyl (C=O) groups excluding carboxylic acids is 1. The van der Waals surface area contributed by atoms with Crippen LogP contribution in [0.5, 0.6) is 0 Å². The molecule has 178 valence electrons. The smallest absolute Gasteiger partial charge is 0.335 e. The van der Waals surface area contributed by atoms with Crippen LogP contribution in [0.15, 0.2) is 78.9 Å². The fourth-order valence-corrected chi connectivity index (χ4v) is 3.67. The lowest BCUT2D eigenvalue weighted by Crippen LogP contribution is -2.34. The van der Waals surface area contributed by atoms with Crippen LogP contribution in [0.2, 0.25) is 0 Å². The molecular formula is C29H28N2O4. The van der Waals surface area contributed by atoms with Crippen molar-refractivity contribution in [3.63, 3.8) is 0 Å². The quantitative estimate of drug-likeness (QED) is 0.327. The van der Waals surface area contributed by atoms with Crippen LogP contribution in [0.1, 0.15) is 46.6 Å². The van der Waals surface area contributed by atoms with Gasteiger partial charge in [0, 0.05) is 10.9 Å². The number of benzene rings is 3. The number of aliphatic carboxylic acids is 1. The Hall–Kier alpha value is -4.03. The summed E-state index contributed by atoms with van der Waals surface area (Å²) in [5.41, 5.74) is 3.89. The Morgan fingerprint density at radius 3 is 2.37 bits per heavy atom.